The first-order valence-corrected chi connectivity index (χ1v) is 8.26. The van der Waals surface area contributed by atoms with Crippen LogP contribution in [0.25, 0.3) is 0 Å². The van der Waals surface area contributed by atoms with Gasteiger partial charge in [-0.25, -0.2) is 9.97 Å². The SMILES string of the molecule is CCNc1cc(NC(C)c2ccsc2)nc(C(C)(C)C)n1. The van der Waals surface area contributed by atoms with Crippen LogP contribution < -0.4 is 10.6 Å². The van der Waals surface area contributed by atoms with Gasteiger partial charge in [0.15, 0.2) is 0 Å². The number of aromatic nitrogens is 2. The van der Waals surface area contributed by atoms with Crippen molar-refractivity contribution in [3.63, 3.8) is 0 Å². The molecule has 1 unspecified atom stereocenters. The van der Waals surface area contributed by atoms with Crippen LogP contribution in [-0.2, 0) is 5.41 Å². The highest BCUT2D eigenvalue weighted by Gasteiger charge is 2.19. The number of nitrogens with one attached hydrogen (secondary N) is 2. The molecule has 0 amide bonds. The molecule has 0 saturated carbocycles. The first-order chi connectivity index (χ1) is 9.90. The molecule has 0 aliphatic heterocycles. The molecule has 0 bridgehead atoms. The van der Waals surface area contributed by atoms with Gasteiger partial charge in [-0.05, 0) is 36.2 Å². The molecule has 2 heterocycles. The van der Waals surface area contributed by atoms with Crippen molar-refractivity contribution in [3.05, 3.63) is 34.3 Å². The second-order valence-electron chi connectivity index (χ2n) is 6.17. The summed E-state index contributed by atoms with van der Waals surface area (Å²) in [6.45, 7) is 11.5. The Labute approximate surface area is 131 Å². The van der Waals surface area contributed by atoms with Gasteiger partial charge in [0.25, 0.3) is 0 Å². The van der Waals surface area contributed by atoms with E-state index in [-0.39, 0.29) is 11.5 Å². The largest absolute Gasteiger partial charge is 0.370 e. The van der Waals surface area contributed by atoms with Crippen LogP contribution in [-0.4, -0.2) is 16.5 Å². The molecule has 0 aliphatic rings. The van der Waals surface area contributed by atoms with Crippen LogP contribution in [0.15, 0.2) is 22.9 Å². The minimum atomic E-state index is -0.0759. The Hall–Kier alpha value is -1.62. The lowest BCUT2D eigenvalue weighted by Crippen LogP contribution is -2.19. The third-order valence-corrected chi connectivity index (χ3v) is 3.86. The van der Waals surface area contributed by atoms with Gasteiger partial charge in [0.05, 0.1) is 6.04 Å². The van der Waals surface area contributed by atoms with Crippen LogP contribution in [0.3, 0.4) is 0 Å². The van der Waals surface area contributed by atoms with E-state index in [0.717, 1.165) is 24.0 Å². The summed E-state index contributed by atoms with van der Waals surface area (Å²) in [5.41, 5.74) is 1.20. The van der Waals surface area contributed by atoms with Crippen molar-refractivity contribution in [2.75, 3.05) is 17.2 Å². The van der Waals surface area contributed by atoms with Gasteiger partial charge in [-0.2, -0.15) is 11.3 Å². The first kappa shape index (κ1) is 15.8. The van der Waals surface area contributed by atoms with Crippen molar-refractivity contribution >= 4 is 23.0 Å². The first-order valence-electron chi connectivity index (χ1n) is 7.32. The van der Waals surface area contributed by atoms with Crippen molar-refractivity contribution in [1.82, 2.24) is 9.97 Å². The molecule has 0 aromatic carbocycles. The summed E-state index contributed by atoms with van der Waals surface area (Å²) in [6.07, 6.45) is 0. The normalized spacial score (nSPS) is 13.0. The highest BCUT2D eigenvalue weighted by Crippen LogP contribution is 2.25. The van der Waals surface area contributed by atoms with Crippen molar-refractivity contribution in [1.29, 1.82) is 0 Å². The molecule has 2 N–H and O–H groups in total. The van der Waals surface area contributed by atoms with Crippen LogP contribution in [0, 0.1) is 0 Å². The van der Waals surface area contributed by atoms with Crippen LogP contribution in [0.4, 0.5) is 11.6 Å². The Kier molecular flexibility index (Phi) is 4.83. The highest BCUT2D eigenvalue weighted by molar-refractivity contribution is 7.07. The van der Waals surface area contributed by atoms with E-state index in [1.807, 2.05) is 6.07 Å². The number of hydrogen-bond acceptors (Lipinski definition) is 5. The molecule has 2 aromatic rings. The molecule has 4 nitrogen and oxygen atoms in total. The lowest BCUT2D eigenvalue weighted by Gasteiger charge is -2.20. The summed E-state index contributed by atoms with van der Waals surface area (Å²) in [5, 5.41) is 11.0. The fraction of sp³-hybridized carbons (Fsp3) is 0.500. The van der Waals surface area contributed by atoms with Crippen molar-refractivity contribution in [2.24, 2.45) is 0 Å². The van der Waals surface area contributed by atoms with Crippen LogP contribution in [0.5, 0.6) is 0 Å². The summed E-state index contributed by atoms with van der Waals surface area (Å²) >= 11 is 1.71. The van der Waals surface area contributed by atoms with Gasteiger partial charge >= 0.3 is 0 Å². The zero-order chi connectivity index (χ0) is 15.5. The van der Waals surface area contributed by atoms with E-state index in [4.69, 9.17) is 0 Å². The molecule has 1 atom stereocenters. The van der Waals surface area contributed by atoms with E-state index in [9.17, 15) is 0 Å². The van der Waals surface area contributed by atoms with Gasteiger partial charge < -0.3 is 10.6 Å². The summed E-state index contributed by atoms with van der Waals surface area (Å²) in [4.78, 5) is 9.28. The number of rotatable bonds is 5. The molecule has 0 radical (unpaired) electrons. The number of thiophene rings is 1. The fourth-order valence-electron chi connectivity index (χ4n) is 1.95. The second-order valence-corrected chi connectivity index (χ2v) is 6.95. The minimum Gasteiger partial charge on any atom is -0.370 e. The van der Waals surface area contributed by atoms with Crippen LogP contribution in [0.1, 0.15) is 52.0 Å². The van der Waals surface area contributed by atoms with E-state index in [1.165, 1.54) is 5.56 Å². The summed E-state index contributed by atoms with van der Waals surface area (Å²) in [6, 6.07) is 4.34. The maximum absolute atomic E-state index is 4.68. The Balaban J connectivity index is 2.27. The Morgan fingerprint density at radius 1 is 1.24 bits per heavy atom. The van der Waals surface area contributed by atoms with Gasteiger partial charge in [0.1, 0.15) is 17.5 Å². The van der Waals surface area contributed by atoms with Crippen molar-refractivity contribution < 1.29 is 0 Å². The third kappa shape index (κ3) is 4.17. The average molecular weight is 304 g/mol. The molecular formula is C16H24N4S. The van der Waals surface area contributed by atoms with E-state index in [2.05, 4.69) is 72.0 Å². The third-order valence-electron chi connectivity index (χ3n) is 3.16. The Morgan fingerprint density at radius 2 is 1.95 bits per heavy atom. The van der Waals surface area contributed by atoms with E-state index in [0.29, 0.717) is 0 Å². The smallest absolute Gasteiger partial charge is 0.138 e. The predicted octanol–water partition coefficient (Wildman–Crippen LogP) is 4.44. The molecular weight excluding hydrogens is 280 g/mol. The predicted molar refractivity (Wildman–Crippen MR) is 91.3 cm³/mol. The van der Waals surface area contributed by atoms with Crippen molar-refractivity contribution in [2.45, 2.75) is 46.1 Å². The lowest BCUT2D eigenvalue weighted by atomic mass is 9.96. The van der Waals surface area contributed by atoms with E-state index in [1.54, 1.807) is 11.3 Å². The summed E-state index contributed by atoms with van der Waals surface area (Å²) in [5.74, 6) is 2.59. The maximum atomic E-state index is 4.68. The molecule has 2 aromatic heterocycles. The molecule has 114 valence electrons. The molecule has 0 aliphatic carbocycles. The van der Waals surface area contributed by atoms with Gasteiger partial charge in [-0.1, -0.05) is 20.8 Å². The number of anilines is 2. The van der Waals surface area contributed by atoms with E-state index < -0.39 is 0 Å². The number of hydrogen-bond donors (Lipinski definition) is 2. The average Bonchev–Trinajstić information content (AvgIpc) is 2.91. The van der Waals surface area contributed by atoms with Gasteiger partial charge in [-0.3, -0.25) is 0 Å². The summed E-state index contributed by atoms with van der Waals surface area (Å²) < 4.78 is 0. The maximum Gasteiger partial charge on any atom is 0.138 e. The Morgan fingerprint density at radius 3 is 2.52 bits per heavy atom. The van der Waals surface area contributed by atoms with Crippen molar-refractivity contribution in [3.8, 4) is 0 Å². The fourth-order valence-corrected chi connectivity index (χ4v) is 2.71. The molecule has 2 rings (SSSR count). The highest BCUT2D eigenvalue weighted by atomic mass is 32.1. The molecule has 0 fully saturated rings. The minimum absolute atomic E-state index is 0.0759. The molecule has 5 heteroatoms. The van der Waals surface area contributed by atoms with Gasteiger partial charge in [-0.15, -0.1) is 0 Å². The monoisotopic (exact) mass is 304 g/mol. The lowest BCUT2D eigenvalue weighted by molar-refractivity contribution is 0.546. The zero-order valence-corrected chi connectivity index (χ0v) is 14.2. The zero-order valence-electron chi connectivity index (χ0n) is 13.4. The standard InChI is InChI=1S/C16H24N4S/c1-6-17-13-9-14(20-15(19-13)16(3,4)5)18-11(2)12-7-8-21-10-12/h7-11H,6H2,1-5H3,(H2,17,18,19,20). The molecule has 0 saturated heterocycles. The second kappa shape index (κ2) is 6.43. The Bertz CT molecular complexity index is 572. The topological polar surface area (TPSA) is 49.8 Å². The van der Waals surface area contributed by atoms with E-state index >= 15 is 0 Å². The number of nitrogens with zero attached hydrogens (tertiary/aromatic N) is 2. The van der Waals surface area contributed by atoms with Gasteiger partial charge in [0.2, 0.25) is 0 Å². The molecule has 21 heavy (non-hydrogen) atoms. The van der Waals surface area contributed by atoms with Gasteiger partial charge in [0, 0.05) is 18.0 Å². The van der Waals surface area contributed by atoms with Crippen LogP contribution in [0.2, 0.25) is 0 Å². The molecule has 0 spiro atoms. The summed E-state index contributed by atoms with van der Waals surface area (Å²) in [7, 11) is 0. The quantitative estimate of drug-likeness (QED) is 0.857. The van der Waals surface area contributed by atoms with Crippen LogP contribution >= 0.6 is 11.3 Å².